The van der Waals surface area contributed by atoms with Gasteiger partial charge in [0, 0.05) is 12.2 Å². The second-order valence-corrected chi connectivity index (χ2v) is 3.74. The Morgan fingerprint density at radius 1 is 1.47 bits per heavy atom. The molecule has 0 aliphatic rings. The number of nitrogens with two attached hydrogens (primary N) is 1. The van der Waals surface area contributed by atoms with E-state index >= 15 is 0 Å². The molecule has 1 unspecified atom stereocenters. The predicted octanol–water partition coefficient (Wildman–Crippen LogP) is 1.69. The number of hydrogen-bond donors (Lipinski definition) is 3. The minimum Gasteiger partial charge on any atom is -0.399 e. The molecule has 1 aromatic carbocycles. The van der Waals surface area contributed by atoms with Crippen molar-refractivity contribution >= 4 is 5.69 Å². The minimum absolute atomic E-state index is 0.467. The zero-order valence-electron chi connectivity index (χ0n) is 9.24. The van der Waals surface area contributed by atoms with Crippen LogP contribution < -0.4 is 11.1 Å². The van der Waals surface area contributed by atoms with Crippen molar-refractivity contribution < 1.29 is 5.11 Å². The Morgan fingerprint density at radius 3 is 2.93 bits per heavy atom. The molecule has 0 amide bonds. The highest BCUT2D eigenvalue weighted by molar-refractivity contribution is 5.41. The number of unbranched alkanes of at least 4 members (excludes halogenated alkanes) is 1. The average Bonchev–Trinajstić information content (AvgIpc) is 2.24. The summed E-state index contributed by atoms with van der Waals surface area (Å²) in [5.74, 6) is 0. The Kier molecular flexibility index (Phi) is 5.15. The Bertz CT molecular complexity index is 289. The summed E-state index contributed by atoms with van der Waals surface area (Å²) in [6, 6.07) is 7.38. The van der Waals surface area contributed by atoms with Gasteiger partial charge in [-0.15, -0.1) is 0 Å². The monoisotopic (exact) mass is 208 g/mol. The first-order valence-corrected chi connectivity index (χ1v) is 5.48. The highest BCUT2D eigenvalue weighted by Crippen LogP contribution is 2.14. The zero-order chi connectivity index (χ0) is 11.1. The average molecular weight is 208 g/mol. The highest BCUT2D eigenvalue weighted by Gasteiger charge is 2.06. The van der Waals surface area contributed by atoms with Crippen LogP contribution in [-0.4, -0.2) is 18.2 Å². The van der Waals surface area contributed by atoms with Crippen LogP contribution in [-0.2, 0) is 0 Å². The quantitative estimate of drug-likeness (QED) is 0.492. The molecule has 15 heavy (non-hydrogen) atoms. The first-order valence-electron chi connectivity index (χ1n) is 5.48. The Balaban J connectivity index is 2.36. The Hall–Kier alpha value is -1.06. The van der Waals surface area contributed by atoms with Crippen molar-refractivity contribution in [2.45, 2.75) is 25.9 Å². The van der Waals surface area contributed by atoms with Crippen LogP contribution in [0.15, 0.2) is 24.3 Å². The molecule has 0 fully saturated rings. The molecule has 0 aromatic heterocycles. The fourth-order valence-electron chi connectivity index (χ4n) is 1.42. The fraction of sp³-hybridized carbons (Fsp3) is 0.500. The van der Waals surface area contributed by atoms with E-state index in [0.29, 0.717) is 12.2 Å². The lowest BCUT2D eigenvalue weighted by atomic mass is 10.1. The Morgan fingerprint density at radius 2 is 2.27 bits per heavy atom. The van der Waals surface area contributed by atoms with E-state index in [1.165, 1.54) is 6.42 Å². The summed E-state index contributed by atoms with van der Waals surface area (Å²) in [4.78, 5) is 0. The molecule has 0 aliphatic heterocycles. The smallest absolute Gasteiger partial charge is 0.0915 e. The molecule has 3 heteroatoms. The van der Waals surface area contributed by atoms with E-state index < -0.39 is 6.10 Å². The molecule has 0 spiro atoms. The van der Waals surface area contributed by atoms with Crippen LogP contribution in [0.3, 0.4) is 0 Å². The molecule has 1 atom stereocenters. The number of nitrogens with one attached hydrogen (secondary N) is 1. The van der Waals surface area contributed by atoms with E-state index in [9.17, 15) is 5.11 Å². The van der Waals surface area contributed by atoms with Crippen molar-refractivity contribution in [1.82, 2.24) is 5.32 Å². The van der Waals surface area contributed by atoms with Gasteiger partial charge >= 0.3 is 0 Å². The maximum atomic E-state index is 9.83. The summed E-state index contributed by atoms with van der Waals surface area (Å²) in [7, 11) is 0. The van der Waals surface area contributed by atoms with E-state index in [1.807, 2.05) is 24.3 Å². The van der Waals surface area contributed by atoms with E-state index in [4.69, 9.17) is 5.73 Å². The third-order valence-electron chi connectivity index (χ3n) is 2.34. The minimum atomic E-state index is -0.467. The molecule has 0 saturated carbocycles. The van der Waals surface area contributed by atoms with Crippen LogP contribution in [0.5, 0.6) is 0 Å². The molecule has 84 valence electrons. The molecule has 1 aromatic rings. The first kappa shape index (κ1) is 12.0. The van der Waals surface area contributed by atoms with Crippen molar-refractivity contribution in [1.29, 1.82) is 0 Å². The summed E-state index contributed by atoms with van der Waals surface area (Å²) < 4.78 is 0. The van der Waals surface area contributed by atoms with Crippen LogP contribution in [0.4, 0.5) is 5.69 Å². The van der Waals surface area contributed by atoms with Gasteiger partial charge in [0.1, 0.15) is 0 Å². The molecule has 0 bridgehead atoms. The van der Waals surface area contributed by atoms with Crippen molar-refractivity contribution in [3.05, 3.63) is 29.8 Å². The first-order chi connectivity index (χ1) is 7.24. The third-order valence-corrected chi connectivity index (χ3v) is 2.34. The van der Waals surface area contributed by atoms with Gasteiger partial charge in [-0.1, -0.05) is 25.5 Å². The molecule has 0 radical (unpaired) electrons. The van der Waals surface area contributed by atoms with E-state index in [2.05, 4.69) is 12.2 Å². The standard InChI is InChI=1S/C12H20N2O/c1-2-3-7-14-9-12(15)10-5-4-6-11(13)8-10/h4-6,8,12,14-15H,2-3,7,9,13H2,1H3. The summed E-state index contributed by atoms with van der Waals surface area (Å²) in [6.45, 7) is 3.69. The topological polar surface area (TPSA) is 58.3 Å². The van der Waals surface area contributed by atoms with Gasteiger partial charge in [0.05, 0.1) is 6.10 Å². The lowest BCUT2D eigenvalue weighted by molar-refractivity contribution is 0.175. The SMILES string of the molecule is CCCCNCC(O)c1cccc(N)c1. The van der Waals surface area contributed by atoms with Crippen LogP contribution in [0.25, 0.3) is 0 Å². The van der Waals surface area contributed by atoms with Crippen molar-refractivity contribution in [3.63, 3.8) is 0 Å². The van der Waals surface area contributed by atoms with Gasteiger partial charge < -0.3 is 16.2 Å². The highest BCUT2D eigenvalue weighted by atomic mass is 16.3. The second-order valence-electron chi connectivity index (χ2n) is 3.74. The molecular formula is C12H20N2O. The summed E-state index contributed by atoms with van der Waals surface area (Å²) in [5.41, 5.74) is 7.21. The van der Waals surface area contributed by atoms with Gasteiger partial charge in [-0.25, -0.2) is 0 Å². The lowest BCUT2D eigenvalue weighted by Crippen LogP contribution is -2.22. The van der Waals surface area contributed by atoms with Crippen LogP contribution in [0.2, 0.25) is 0 Å². The van der Waals surface area contributed by atoms with E-state index in [-0.39, 0.29) is 0 Å². The molecular weight excluding hydrogens is 188 g/mol. The van der Waals surface area contributed by atoms with Gasteiger partial charge in [-0.2, -0.15) is 0 Å². The third kappa shape index (κ3) is 4.32. The molecule has 3 nitrogen and oxygen atoms in total. The summed E-state index contributed by atoms with van der Waals surface area (Å²) in [5, 5.41) is 13.0. The van der Waals surface area contributed by atoms with E-state index in [0.717, 1.165) is 18.5 Å². The van der Waals surface area contributed by atoms with Gasteiger partial charge in [-0.3, -0.25) is 0 Å². The van der Waals surface area contributed by atoms with Gasteiger partial charge in [-0.05, 0) is 30.7 Å². The maximum Gasteiger partial charge on any atom is 0.0915 e. The van der Waals surface area contributed by atoms with Gasteiger partial charge in [0.2, 0.25) is 0 Å². The Labute approximate surface area is 91.3 Å². The molecule has 0 heterocycles. The van der Waals surface area contributed by atoms with Crippen LogP contribution in [0, 0.1) is 0 Å². The zero-order valence-corrected chi connectivity index (χ0v) is 9.24. The number of anilines is 1. The number of rotatable bonds is 6. The summed E-state index contributed by atoms with van der Waals surface area (Å²) in [6.07, 6.45) is 1.84. The molecule has 0 saturated heterocycles. The maximum absolute atomic E-state index is 9.83. The number of hydrogen-bond acceptors (Lipinski definition) is 3. The summed E-state index contributed by atoms with van der Waals surface area (Å²) >= 11 is 0. The van der Waals surface area contributed by atoms with Crippen molar-refractivity contribution in [2.75, 3.05) is 18.8 Å². The van der Waals surface area contributed by atoms with Crippen LogP contribution in [0.1, 0.15) is 31.4 Å². The molecule has 4 N–H and O–H groups in total. The van der Waals surface area contributed by atoms with Gasteiger partial charge in [0.25, 0.3) is 0 Å². The number of benzene rings is 1. The van der Waals surface area contributed by atoms with Crippen molar-refractivity contribution in [2.24, 2.45) is 0 Å². The second kappa shape index (κ2) is 6.43. The number of nitrogen functional groups attached to an aromatic ring is 1. The van der Waals surface area contributed by atoms with Crippen molar-refractivity contribution in [3.8, 4) is 0 Å². The predicted molar refractivity (Wildman–Crippen MR) is 63.6 cm³/mol. The largest absolute Gasteiger partial charge is 0.399 e. The number of aliphatic hydroxyl groups excluding tert-OH is 1. The number of aliphatic hydroxyl groups is 1. The van der Waals surface area contributed by atoms with E-state index in [1.54, 1.807) is 0 Å². The molecule has 1 rings (SSSR count). The lowest BCUT2D eigenvalue weighted by Gasteiger charge is -2.12. The van der Waals surface area contributed by atoms with Crippen LogP contribution >= 0.6 is 0 Å². The fourth-order valence-corrected chi connectivity index (χ4v) is 1.42. The normalized spacial score (nSPS) is 12.7. The molecule has 0 aliphatic carbocycles. The van der Waals surface area contributed by atoms with Gasteiger partial charge in [0.15, 0.2) is 0 Å².